The number of hydrogen-bond donors (Lipinski definition) is 1. The van der Waals surface area contributed by atoms with Crippen molar-refractivity contribution in [3.8, 4) is 0 Å². The minimum Gasteiger partial charge on any atom is -0.340 e. The van der Waals surface area contributed by atoms with Crippen LogP contribution < -0.4 is 5.32 Å². The van der Waals surface area contributed by atoms with Crippen LogP contribution in [0.3, 0.4) is 0 Å². The van der Waals surface area contributed by atoms with E-state index in [4.69, 9.17) is 11.6 Å². The van der Waals surface area contributed by atoms with E-state index < -0.39 is 9.84 Å². The zero-order valence-electron chi connectivity index (χ0n) is 16.7. The molecule has 7 nitrogen and oxygen atoms in total. The molecule has 0 aliphatic heterocycles. The molecule has 0 saturated carbocycles. The molecule has 32 heavy (non-hydrogen) atoms. The lowest BCUT2D eigenvalue weighted by molar-refractivity contribution is 0.592. The first-order valence-corrected chi connectivity index (χ1v) is 12.6. The summed E-state index contributed by atoms with van der Waals surface area (Å²) in [5.74, 6) is 0.515. The van der Waals surface area contributed by atoms with E-state index in [0.717, 1.165) is 16.0 Å². The number of thioether (sulfide) groups is 1. The summed E-state index contributed by atoms with van der Waals surface area (Å²) >= 11 is 7.55. The molecular weight excluding hydrogens is 466 g/mol. The number of rotatable bonds is 5. The molecule has 0 saturated heterocycles. The molecular formula is C22H16ClN5O2S2. The molecule has 2 heterocycles. The van der Waals surface area contributed by atoms with Crippen molar-refractivity contribution < 1.29 is 8.42 Å². The van der Waals surface area contributed by atoms with Gasteiger partial charge in [0.1, 0.15) is 5.82 Å². The number of nitrogens with one attached hydrogen (secondary N) is 1. The number of hydrogen-bond acceptors (Lipinski definition) is 7. The summed E-state index contributed by atoms with van der Waals surface area (Å²) in [5, 5.41) is 12.4. The van der Waals surface area contributed by atoms with Gasteiger partial charge in [-0.1, -0.05) is 35.0 Å². The van der Waals surface area contributed by atoms with Crippen molar-refractivity contribution in [2.24, 2.45) is 0 Å². The van der Waals surface area contributed by atoms with Gasteiger partial charge >= 0.3 is 0 Å². The van der Waals surface area contributed by atoms with Crippen LogP contribution in [0.4, 0.5) is 11.5 Å². The Kier molecular flexibility index (Phi) is 5.24. The van der Waals surface area contributed by atoms with Gasteiger partial charge in [0.2, 0.25) is 14.9 Å². The molecule has 0 unspecified atom stereocenters. The van der Waals surface area contributed by atoms with Crippen LogP contribution in [0, 0.1) is 0 Å². The zero-order valence-corrected chi connectivity index (χ0v) is 19.1. The number of sulfone groups is 1. The number of para-hydroxylation sites is 1. The summed E-state index contributed by atoms with van der Waals surface area (Å²) in [6.07, 6.45) is 2.00. The lowest BCUT2D eigenvalue weighted by Crippen LogP contribution is -2.05. The standard InChI is InChI=1S/C22H16ClN5O2S2/c1-31-16-6-4-5-15(13-16)24-20-18-7-2-3-8-19(18)28-21(25-20)22(26-27-28)32(29,30)17-11-9-14(23)10-12-17/h2-13H,1H3,(H,24,25). The SMILES string of the molecule is CSc1cccc(Nc2nc3c(S(=O)(=O)c4ccc(Cl)cc4)nnn3c3ccccc23)c1. The van der Waals surface area contributed by atoms with Crippen LogP contribution in [-0.4, -0.2) is 34.5 Å². The van der Waals surface area contributed by atoms with E-state index in [9.17, 15) is 8.42 Å². The monoisotopic (exact) mass is 481 g/mol. The van der Waals surface area contributed by atoms with Gasteiger partial charge in [-0.15, -0.1) is 16.9 Å². The molecule has 1 N–H and O–H groups in total. The second-order valence-electron chi connectivity index (χ2n) is 6.92. The van der Waals surface area contributed by atoms with Crippen molar-refractivity contribution in [2.45, 2.75) is 14.8 Å². The highest BCUT2D eigenvalue weighted by atomic mass is 35.5. The Balaban J connectivity index is 1.72. The fraction of sp³-hybridized carbons (Fsp3) is 0.0455. The third kappa shape index (κ3) is 3.58. The Bertz CT molecular complexity index is 1570. The summed E-state index contributed by atoms with van der Waals surface area (Å²) in [7, 11) is -3.95. The normalized spacial score (nSPS) is 11.8. The highest BCUT2D eigenvalue weighted by Crippen LogP contribution is 2.30. The fourth-order valence-electron chi connectivity index (χ4n) is 3.38. The highest BCUT2D eigenvalue weighted by molar-refractivity contribution is 7.98. The van der Waals surface area contributed by atoms with Gasteiger partial charge in [0, 0.05) is 21.0 Å². The van der Waals surface area contributed by atoms with Gasteiger partial charge in [-0.05, 0) is 60.9 Å². The summed E-state index contributed by atoms with van der Waals surface area (Å²) in [6, 6.07) is 21.3. The Morgan fingerprint density at radius 1 is 1.00 bits per heavy atom. The summed E-state index contributed by atoms with van der Waals surface area (Å²) in [6.45, 7) is 0. The number of fused-ring (bicyclic) bond motifs is 3. The van der Waals surface area contributed by atoms with Crippen LogP contribution in [0.2, 0.25) is 5.02 Å². The average molecular weight is 482 g/mol. The molecule has 5 rings (SSSR count). The van der Waals surface area contributed by atoms with Crippen LogP contribution in [-0.2, 0) is 9.84 Å². The molecule has 0 atom stereocenters. The molecule has 0 bridgehead atoms. The van der Waals surface area contributed by atoms with Gasteiger partial charge in [0.25, 0.3) is 0 Å². The molecule has 0 fully saturated rings. The maximum absolute atomic E-state index is 13.3. The highest BCUT2D eigenvalue weighted by Gasteiger charge is 2.27. The fourth-order valence-corrected chi connectivity index (χ4v) is 5.20. The number of anilines is 2. The number of halogens is 1. The predicted molar refractivity (Wildman–Crippen MR) is 127 cm³/mol. The van der Waals surface area contributed by atoms with E-state index in [1.165, 1.54) is 28.8 Å². The van der Waals surface area contributed by atoms with Crippen LogP contribution >= 0.6 is 23.4 Å². The van der Waals surface area contributed by atoms with Crippen molar-refractivity contribution in [1.82, 2.24) is 19.8 Å². The molecule has 0 spiro atoms. The van der Waals surface area contributed by atoms with E-state index >= 15 is 0 Å². The van der Waals surface area contributed by atoms with Crippen LogP contribution in [0.5, 0.6) is 0 Å². The topological polar surface area (TPSA) is 89.2 Å². The van der Waals surface area contributed by atoms with Gasteiger partial charge in [0.15, 0.2) is 5.65 Å². The number of benzene rings is 3. The molecule has 10 heteroatoms. The molecule has 0 radical (unpaired) electrons. The minimum absolute atomic E-state index is 0.0708. The van der Waals surface area contributed by atoms with Gasteiger partial charge < -0.3 is 5.32 Å². The Hall–Kier alpha value is -3.14. The largest absolute Gasteiger partial charge is 0.340 e. The summed E-state index contributed by atoms with van der Waals surface area (Å²) in [4.78, 5) is 5.80. The molecule has 0 amide bonds. The van der Waals surface area contributed by atoms with Crippen molar-refractivity contribution in [3.05, 3.63) is 77.8 Å². The third-order valence-corrected chi connectivity index (χ3v) is 7.58. The Morgan fingerprint density at radius 2 is 1.78 bits per heavy atom. The van der Waals surface area contributed by atoms with Crippen molar-refractivity contribution >= 4 is 61.3 Å². The molecule has 160 valence electrons. The van der Waals surface area contributed by atoms with E-state index in [1.54, 1.807) is 11.8 Å². The Morgan fingerprint density at radius 3 is 2.56 bits per heavy atom. The predicted octanol–water partition coefficient (Wildman–Crippen LogP) is 5.23. The van der Waals surface area contributed by atoms with Crippen molar-refractivity contribution in [3.63, 3.8) is 0 Å². The van der Waals surface area contributed by atoms with Crippen LogP contribution in [0.15, 0.2) is 87.6 Å². The maximum atomic E-state index is 13.3. The second kappa shape index (κ2) is 8.09. The van der Waals surface area contributed by atoms with Gasteiger partial charge in [-0.3, -0.25) is 0 Å². The van der Waals surface area contributed by atoms with E-state index in [1.807, 2.05) is 54.8 Å². The van der Waals surface area contributed by atoms with Gasteiger partial charge in [-0.2, -0.15) is 4.52 Å². The second-order valence-corrected chi connectivity index (χ2v) is 10.1. The molecule has 2 aromatic heterocycles. The quantitative estimate of drug-likeness (QED) is 0.344. The van der Waals surface area contributed by atoms with Crippen LogP contribution in [0.1, 0.15) is 0 Å². The number of aromatic nitrogens is 4. The third-order valence-electron chi connectivity index (χ3n) is 4.93. The van der Waals surface area contributed by atoms with Gasteiger partial charge in [0.05, 0.1) is 10.4 Å². The van der Waals surface area contributed by atoms with E-state index in [2.05, 4.69) is 20.6 Å². The minimum atomic E-state index is -3.95. The van der Waals surface area contributed by atoms with E-state index in [-0.39, 0.29) is 15.6 Å². The first kappa shape index (κ1) is 20.7. The zero-order chi connectivity index (χ0) is 22.3. The smallest absolute Gasteiger partial charge is 0.229 e. The number of nitrogens with zero attached hydrogens (tertiary/aromatic N) is 4. The van der Waals surface area contributed by atoms with Crippen molar-refractivity contribution in [1.29, 1.82) is 0 Å². The maximum Gasteiger partial charge on any atom is 0.229 e. The summed E-state index contributed by atoms with van der Waals surface area (Å²) in [5.41, 5.74) is 1.67. The lowest BCUT2D eigenvalue weighted by atomic mass is 10.2. The van der Waals surface area contributed by atoms with Crippen molar-refractivity contribution in [2.75, 3.05) is 11.6 Å². The molecule has 3 aromatic carbocycles. The van der Waals surface area contributed by atoms with Crippen LogP contribution in [0.25, 0.3) is 16.6 Å². The average Bonchev–Trinajstić information content (AvgIpc) is 3.25. The first-order valence-electron chi connectivity index (χ1n) is 9.53. The summed E-state index contributed by atoms with van der Waals surface area (Å²) < 4.78 is 28.0. The Labute approximate surface area is 193 Å². The van der Waals surface area contributed by atoms with E-state index in [0.29, 0.717) is 16.4 Å². The molecule has 0 aliphatic carbocycles. The molecule has 0 aliphatic rings. The lowest BCUT2D eigenvalue weighted by Gasteiger charge is -2.11. The van der Waals surface area contributed by atoms with Gasteiger partial charge in [-0.25, -0.2) is 13.4 Å². The first-order chi connectivity index (χ1) is 15.5. The molecule has 5 aromatic rings.